The van der Waals surface area contributed by atoms with E-state index in [4.69, 9.17) is 4.42 Å². The minimum absolute atomic E-state index is 0.425. The van der Waals surface area contributed by atoms with Crippen molar-refractivity contribution >= 4 is 38.6 Å². The highest BCUT2D eigenvalue weighted by Crippen LogP contribution is 2.27. The third-order valence-corrected chi connectivity index (χ3v) is 4.53. The number of nitriles is 1. The first-order chi connectivity index (χ1) is 12.6. The lowest BCUT2D eigenvalue weighted by Gasteiger charge is -1.97. The van der Waals surface area contributed by atoms with Gasteiger partial charge in [0.1, 0.15) is 23.4 Å². The van der Waals surface area contributed by atoms with Gasteiger partial charge in [-0.25, -0.2) is 4.98 Å². The zero-order chi connectivity index (χ0) is 18.1. The van der Waals surface area contributed by atoms with Crippen LogP contribution in [0, 0.1) is 18.3 Å². The lowest BCUT2D eigenvalue weighted by atomic mass is 10.2. The number of allylic oxidation sites excluding steroid dienone is 1. The Balaban J connectivity index is 1.70. The number of aromatic nitrogens is 2. The van der Waals surface area contributed by atoms with E-state index in [1.807, 2.05) is 61.5 Å². The van der Waals surface area contributed by atoms with Crippen LogP contribution in [0.2, 0.25) is 0 Å². The minimum Gasteiger partial charge on any atom is -0.457 e. The first-order valence-electron chi connectivity index (χ1n) is 8.07. The first kappa shape index (κ1) is 16.4. The number of fused-ring (bicyclic) bond motifs is 1. The number of aryl methyl sites for hydroxylation is 1. The predicted octanol–water partition coefficient (Wildman–Crippen LogP) is 5.96. The first-order valence-corrected chi connectivity index (χ1v) is 8.86. The number of benzene rings is 2. The van der Waals surface area contributed by atoms with Gasteiger partial charge in [0.25, 0.3) is 0 Å². The van der Waals surface area contributed by atoms with E-state index >= 15 is 0 Å². The number of aromatic amines is 1. The molecular weight excluding hydrogens is 390 g/mol. The topological polar surface area (TPSA) is 65.6 Å². The molecule has 2 heterocycles. The summed E-state index contributed by atoms with van der Waals surface area (Å²) < 4.78 is 6.87. The highest BCUT2D eigenvalue weighted by Gasteiger charge is 2.10. The summed E-state index contributed by atoms with van der Waals surface area (Å²) in [7, 11) is 0. The summed E-state index contributed by atoms with van der Waals surface area (Å²) in [4.78, 5) is 7.71. The number of hydrogen-bond acceptors (Lipinski definition) is 3. The largest absolute Gasteiger partial charge is 0.457 e. The Hall–Kier alpha value is -3.10. The Kier molecular flexibility index (Phi) is 4.19. The van der Waals surface area contributed by atoms with Crippen LogP contribution in [0.5, 0.6) is 0 Å². The summed E-state index contributed by atoms with van der Waals surface area (Å²) in [5, 5.41) is 9.55. The molecular formula is C21H14BrN3O. The van der Waals surface area contributed by atoms with Gasteiger partial charge in [0.05, 0.1) is 16.6 Å². The molecule has 126 valence electrons. The molecule has 0 aliphatic carbocycles. The molecule has 4 nitrogen and oxygen atoms in total. The molecule has 5 heteroatoms. The van der Waals surface area contributed by atoms with Crippen molar-refractivity contribution in [2.75, 3.05) is 0 Å². The Morgan fingerprint density at radius 3 is 2.88 bits per heavy atom. The van der Waals surface area contributed by atoms with Crippen LogP contribution in [0.3, 0.4) is 0 Å². The quantitative estimate of drug-likeness (QED) is 0.429. The van der Waals surface area contributed by atoms with Gasteiger partial charge in [-0.3, -0.25) is 0 Å². The molecule has 0 aliphatic rings. The molecule has 0 unspecified atom stereocenters. The van der Waals surface area contributed by atoms with E-state index in [1.54, 1.807) is 6.08 Å². The van der Waals surface area contributed by atoms with Crippen molar-refractivity contribution in [1.82, 2.24) is 9.97 Å². The second kappa shape index (κ2) is 6.66. The normalized spacial score (nSPS) is 11.7. The molecule has 0 amide bonds. The number of H-pyrrole nitrogens is 1. The maximum Gasteiger partial charge on any atom is 0.149 e. The van der Waals surface area contributed by atoms with Crippen molar-refractivity contribution in [2.45, 2.75) is 6.92 Å². The van der Waals surface area contributed by atoms with Crippen LogP contribution in [-0.2, 0) is 0 Å². The van der Waals surface area contributed by atoms with Crippen molar-refractivity contribution in [3.8, 4) is 17.4 Å². The van der Waals surface area contributed by atoms with Gasteiger partial charge in [-0.15, -0.1) is 0 Å². The maximum atomic E-state index is 9.55. The maximum absolute atomic E-state index is 9.55. The van der Waals surface area contributed by atoms with Gasteiger partial charge in [-0.2, -0.15) is 5.26 Å². The number of nitrogens with zero attached hydrogens (tertiary/aromatic N) is 2. The second-order valence-corrected chi connectivity index (χ2v) is 6.90. The van der Waals surface area contributed by atoms with Crippen LogP contribution in [0.25, 0.3) is 34.0 Å². The van der Waals surface area contributed by atoms with E-state index in [0.29, 0.717) is 17.2 Å². The molecule has 0 saturated heterocycles. The fourth-order valence-electron chi connectivity index (χ4n) is 2.77. The van der Waals surface area contributed by atoms with Gasteiger partial charge in [-0.1, -0.05) is 34.1 Å². The number of furan rings is 1. The monoisotopic (exact) mass is 403 g/mol. The average molecular weight is 404 g/mol. The number of imidazole rings is 1. The van der Waals surface area contributed by atoms with Gasteiger partial charge < -0.3 is 9.40 Å². The molecule has 4 aromatic rings. The summed E-state index contributed by atoms with van der Waals surface area (Å²) in [5.41, 5.74) is 4.28. The number of hydrogen-bond donors (Lipinski definition) is 1. The van der Waals surface area contributed by atoms with E-state index in [-0.39, 0.29) is 0 Å². The predicted molar refractivity (Wildman–Crippen MR) is 106 cm³/mol. The SMILES string of the molecule is Cc1ccc2nc(C(C#N)=Cc3ccc(-c4cccc(Br)c4)o3)[nH]c2c1. The third kappa shape index (κ3) is 3.19. The number of halogens is 1. The molecule has 0 aliphatic heterocycles. The van der Waals surface area contributed by atoms with Gasteiger partial charge in [-0.05, 0) is 48.9 Å². The second-order valence-electron chi connectivity index (χ2n) is 5.99. The minimum atomic E-state index is 0.425. The van der Waals surface area contributed by atoms with E-state index < -0.39 is 0 Å². The summed E-state index contributed by atoms with van der Waals surface area (Å²) in [6, 6.07) is 19.8. The van der Waals surface area contributed by atoms with Crippen LogP contribution in [0.4, 0.5) is 0 Å². The van der Waals surface area contributed by atoms with E-state index in [2.05, 4.69) is 32.0 Å². The van der Waals surface area contributed by atoms with Crippen LogP contribution >= 0.6 is 15.9 Å². The Morgan fingerprint density at radius 1 is 1.19 bits per heavy atom. The van der Waals surface area contributed by atoms with E-state index in [0.717, 1.165) is 32.4 Å². The zero-order valence-corrected chi connectivity index (χ0v) is 15.5. The van der Waals surface area contributed by atoms with Gasteiger partial charge in [0.15, 0.2) is 0 Å². The number of nitrogens with one attached hydrogen (secondary N) is 1. The highest BCUT2D eigenvalue weighted by atomic mass is 79.9. The van der Waals surface area contributed by atoms with Crippen molar-refractivity contribution in [2.24, 2.45) is 0 Å². The molecule has 0 saturated carbocycles. The van der Waals surface area contributed by atoms with Gasteiger partial charge >= 0.3 is 0 Å². The fourth-order valence-corrected chi connectivity index (χ4v) is 3.17. The molecule has 4 rings (SSSR count). The number of rotatable bonds is 3. The molecule has 0 atom stereocenters. The Morgan fingerprint density at radius 2 is 2.08 bits per heavy atom. The van der Waals surface area contributed by atoms with Gasteiger partial charge in [0.2, 0.25) is 0 Å². The van der Waals surface area contributed by atoms with Crippen molar-refractivity contribution in [1.29, 1.82) is 5.26 Å². The van der Waals surface area contributed by atoms with Crippen LogP contribution in [0.15, 0.2) is 63.5 Å². The lowest BCUT2D eigenvalue weighted by molar-refractivity contribution is 0.572. The van der Waals surface area contributed by atoms with E-state index in [9.17, 15) is 5.26 Å². The lowest BCUT2D eigenvalue weighted by Crippen LogP contribution is -1.84. The average Bonchev–Trinajstić information content (AvgIpc) is 3.26. The van der Waals surface area contributed by atoms with Crippen LogP contribution < -0.4 is 0 Å². The van der Waals surface area contributed by atoms with Crippen molar-refractivity contribution in [3.63, 3.8) is 0 Å². The highest BCUT2D eigenvalue weighted by molar-refractivity contribution is 9.10. The molecule has 2 aromatic heterocycles. The molecule has 0 radical (unpaired) electrons. The third-order valence-electron chi connectivity index (χ3n) is 4.04. The molecule has 0 spiro atoms. The van der Waals surface area contributed by atoms with Crippen LogP contribution in [0.1, 0.15) is 17.1 Å². The molecule has 26 heavy (non-hydrogen) atoms. The fraction of sp³-hybridized carbons (Fsp3) is 0.0476. The summed E-state index contributed by atoms with van der Waals surface area (Å²) >= 11 is 3.46. The van der Waals surface area contributed by atoms with Crippen molar-refractivity contribution < 1.29 is 4.42 Å². The standard InChI is InChI=1S/C21H14BrN3O/c1-13-5-7-18-19(9-13)25-21(24-18)15(12-23)11-17-6-8-20(26-17)14-3-2-4-16(22)10-14/h2-11H,1H3,(H,24,25). The summed E-state index contributed by atoms with van der Waals surface area (Å²) in [5.74, 6) is 1.89. The van der Waals surface area contributed by atoms with Crippen molar-refractivity contribution in [3.05, 3.63) is 76.2 Å². The Labute approximate surface area is 158 Å². The molecule has 1 N–H and O–H groups in total. The molecule has 0 bridgehead atoms. The summed E-state index contributed by atoms with van der Waals surface area (Å²) in [6.45, 7) is 2.02. The zero-order valence-electron chi connectivity index (χ0n) is 14.0. The summed E-state index contributed by atoms with van der Waals surface area (Å²) in [6.07, 6.45) is 1.70. The van der Waals surface area contributed by atoms with E-state index in [1.165, 1.54) is 0 Å². The Bertz CT molecular complexity index is 1180. The van der Waals surface area contributed by atoms with Crippen LogP contribution in [-0.4, -0.2) is 9.97 Å². The molecule has 2 aromatic carbocycles. The molecule has 0 fully saturated rings. The smallest absolute Gasteiger partial charge is 0.149 e. The van der Waals surface area contributed by atoms with Gasteiger partial charge in [0, 0.05) is 16.1 Å².